The van der Waals surface area contributed by atoms with E-state index in [1.807, 2.05) is 59.5 Å². The molecule has 1 amide bonds. The quantitative estimate of drug-likeness (QED) is 0.600. The van der Waals surface area contributed by atoms with Gasteiger partial charge in [0.25, 0.3) is 0 Å². The monoisotopic (exact) mass is 432 g/mol. The number of rotatable bonds is 7. The van der Waals surface area contributed by atoms with Gasteiger partial charge in [0.1, 0.15) is 11.5 Å². The number of methoxy groups -OCH3 is 1. The number of aromatic nitrogens is 2. The standard InChI is InChI=1S/C25H28N4O3/c1-31-20-11-7-8-18(16-20)21-17-27-25(26)28-24(21)22-12-5-6-14-29(22)23(30)13-15-32-19-9-3-2-4-10-19/h2-4,7-11,16-17,22H,5-6,12-15H2,1H3,(H2,26,27,28). The van der Waals surface area contributed by atoms with Crippen molar-refractivity contribution in [2.45, 2.75) is 31.7 Å². The highest BCUT2D eigenvalue weighted by molar-refractivity contribution is 5.78. The van der Waals surface area contributed by atoms with Crippen LogP contribution in [0.5, 0.6) is 11.5 Å². The lowest BCUT2D eigenvalue weighted by molar-refractivity contribution is -0.135. The minimum Gasteiger partial charge on any atom is -0.497 e. The summed E-state index contributed by atoms with van der Waals surface area (Å²) in [5.41, 5.74) is 8.54. The smallest absolute Gasteiger partial charge is 0.226 e. The lowest BCUT2D eigenvalue weighted by atomic mass is 9.93. The number of nitrogens with zero attached hydrogens (tertiary/aromatic N) is 3. The summed E-state index contributed by atoms with van der Waals surface area (Å²) in [4.78, 5) is 23.9. The average molecular weight is 433 g/mol. The third kappa shape index (κ3) is 4.99. The van der Waals surface area contributed by atoms with E-state index in [-0.39, 0.29) is 17.9 Å². The summed E-state index contributed by atoms with van der Waals surface area (Å²) >= 11 is 0. The molecule has 3 aromatic rings. The molecule has 1 aromatic heterocycles. The summed E-state index contributed by atoms with van der Waals surface area (Å²) in [6.07, 6.45) is 4.87. The van der Waals surface area contributed by atoms with E-state index >= 15 is 0 Å². The highest BCUT2D eigenvalue weighted by atomic mass is 16.5. The number of benzene rings is 2. The number of carbonyl (C=O) groups is 1. The Labute approximate surface area is 188 Å². The van der Waals surface area contributed by atoms with Crippen LogP contribution in [0.25, 0.3) is 11.1 Å². The molecule has 0 aliphatic carbocycles. The molecule has 1 fully saturated rings. The molecule has 1 saturated heterocycles. The Balaban J connectivity index is 1.56. The van der Waals surface area contributed by atoms with Crippen LogP contribution in [-0.4, -0.2) is 41.0 Å². The fourth-order valence-corrected chi connectivity index (χ4v) is 4.11. The first-order chi connectivity index (χ1) is 15.7. The number of hydrogen-bond acceptors (Lipinski definition) is 6. The van der Waals surface area contributed by atoms with Crippen LogP contribution in [0.15, 0.2) is 60.8 Å². The highest BCUT2D eigenvalue weighted by Gasteiger charge is 2.31. The van der Waals surface area contributed by atoms with Crippen molar-refractivity contribution in [1.82, 2.24) is 14.9 Å². The second-order valence-electron chi connectivity index (χ2n) is 7.77. The number of hydrogen-bond donors (Lipinski definition) is 1. The maximum atomic E-state index is 13.2. The van der Waals surface area contributed by atoms with Crippen molar-refractivity contribution >= 4 is 11.9 Å². The fourth-order valence-electron chi connectivity index (χ4n) is 4.11. The average Bonchev–Trinajstić information content (AvgIpc) is 2.84. The van der Waals surface area contributed by atoms with E-state index < -0.39 is 0 Å². The van der Waals surface area contributed by atoms with Gasteiger partial charge in [0.2, 0.25) is 11.9 Å². The van der Waals surface area contributed by atoms with Gasteiger partial charge >= 0.3 is 0 Å². The van der Waals surface area contributed by atoms with Gasteiger partial charge in [0.15, 0.2) is 0 Å². The molecule has 2 aromatic carbocycles. The van der Waals surface area contributed by atoms with Crippen LogP contribution in [-0.2, 0) is 4.79 Å². The normalized spacial score (nSPS) is 15.9. The van der Waals surface area contributed by atoms with E-state index in [2.05, 4.69) is 9.97 Å². The number of carbonyl (C=O) groups excluding carboxylic acids is 1. The molecule has 1 aliphatic rings. The second kappa shape index (κ2) is 10.1. The van der Waals surface area contributed by atoms with Gasteiger partial charge in [0.05, 0.1) is 31.9 Å². The van der Waals surface area contributed by atoms with Gasteiger partial charge in [-0.05, 0) is 49.1 Å². The Hall–Kier alpha value is -3.61. The molecule has 7 nitrogen and oxygen atoms in total. The minimum absolute atomic E-state index is 0.0550. The number of likely N-dealkylation sites (tertiary alicyclic amines) is 1. The molecule has 7 heteroatoms. The Morgan fingerprint density at radius 1 is 1.12 bits per heavy atom. The summed E-state index contributed by atoms with van der Waals surface area (Å²) in [6.45, 7) is 1.02. The Morgan fingerprint density at radius 3 is 2.75 bits per heavy atom. The number of nitrogens with two attached hydrogens (primary N) is 1. The van der Waals surface area contributed by atoms with E-state index in [0.717, 1.165) is 47.6 Å². The number of ether oxygens (including phenoxy) is 2. The van der Waals surface area contributed by atoms with Crippen molar-refractivity contribution in [2.75, 3.05) is 26.0 Å². The zero-order chi connectivity index (χ0) is 22.3. The van der Waals surface area contributed by atoms with E-state index in [4.69, 9.17) is 15.2 Å². The number of para-hydroxylation sites is 1. The first-order valence-electron chi connectivity index (χ1n) is 10.9. The molecule has 166 valence electrons. The van der Waals surface area contributed by atoms with Crippen molar-refractivity contribution < 1.29 is 14.3 Å². The molecule has 2 heterocycles. The van der Waals surface area contributed by atoms with Gasteiger partial charge in [-0.1, -0.05) is 30.3 Å². The van der Waals surface area contributed by atoms with Crippen LogP contribution in [0.2, 0.25) is 0 Å². The second-order valence-corrected chi connectivity index (χ2v) is 7.77. The molecule has 2 N–H and O–H groups in total. The summed E-state index contributed by atoms with van der Waals surface area (Å²) < 4.78 is 11.1. The van der Waals surface area contributed by atoms with Crippen molar-refractivity contribution in [1.29, 1.82) is 0 Å². The van der Waals surface area contributed by atoms with Crippen molar-refractivity contribution in [2.24, 2.45) is 0 Å². The third-order valence-electron chi connectivity index (χ3n) is 5.68. The van der Waals surface area contributed by atoms with Crippen molar-refractivity contribution in [3.05, 3.63) is 66.5 Å². The molecule has 4 rings (SSSR count). The van der Waals surface area contributed by atoms with Gasteiger partial charge < -0.3 is 20.1 Å². The van der Waals surface area contributed by atoms with Crippen LogP contribution in [0.3, 0.4) is 0 Å². The molecular weight excluding hydrogens is 404 g/mol. The minimum atomic E-state index is -0.153. The Kier molecular flexibility index (Phi) is 6.84. The molecule has 1 unspecified atom stereocenters. The molecule has 1 aliphatic heterocycles. The fraction of sp³-hybridized carbons (Fsp3) is 0.320. The van der Waals surface area contributed by atoms with Crippen molar-refractivity contribution in [3.8, 4) is 22.6 Å². The van der Waals surface area contributed by atoms with E-state index in [9.17, 15) is 4.79 Å². The first-order valence-corrected chi connectivity index (χ1v) is 10.9. The SMILES string of the molecule is COc1cccc(-c2cnc(N)nc2C2CCCCN2C(=O)CCOc2ccccc2)c1. The van der Waals surface area contributed by atoms with Crippen LogP contribution < -0.4 is 15.2 Å². The number of amides is 1. The predicted octanol–water partition coefficient (Wildman–Crippen LogP) is 4.26. The third-order valence-corrected chi connectivity index (χ3v) is 5.68. The summed E-state index contributed by atoms with van der Waals surface area (Å²) in [6, 6.07) is 17.1. The largest absolute Gasteiger partial charge is 0.497 e. The molecule has 0 radical (unpaired) electrons. The van der Waals surface area contributed by atoms with Gasteiger partial charge in [-0.25, -0.2) is 9.97 Å². The molecular formula is C25H28N4O3. The van der Waals surface area contributed by atoms with Gasteiger partial charge in [-0.15, -0.1) is 0 Å². The van der Waals surface area contributed by atoms with Crippen LogP contribution in [0.1, 0.15) is 37.4 Å². The van der Waals surface area contributed by atoms with Crippen LogP contribution in [0.4, 0.5) is 5.95 Å². The number of piperidine rings is 1. The topological polar surface area (TPSA) is 90.6 Å². The van der Waals surface area contributed by atoms with E-state index in [1.165, 1.54) is 0 Å². The molecule has 0 bridgehead atoms. The molecule has 0 spiro atoms. The summed E-state index contributed by atoms with van der Waals surface area (Å²) in [7, 11) is 1.64. The van der Waals surface area contributed by atoms with Crippen LogP contribution >= 0.6 is 0 Å². The summed E-state index contributed by atoms with van der Waals surface area (Å²) in [5, 5.41) is 0. The lowest BCUT2D eigenvalue weighted by Gasteiger charge is -2.36. The molecule has 32 heavy (non-hydrogen) atoms. The number of anilines is 1. The zero-order valence-electron chi connectivity index (χ0n) is 18.2. The first kappa shape index (κ1) is 21.6. The van der Waals surface area contributed by atoms with E-state index in [0.29, 0.717) is 19.6 Å². The van der Waals surface area contributed by atoms with Crippen molar-refractivity contribution in [3.63, 3.8) is 0 Å². The van der Waals surface area contributed by atoms with Gasteiger partial charge in [-0.2, -0.15) is 0 Å². The Bertz CT molecular complexity index is 1060. The summed E-state index contributed by atoms with van der Waals surface area (Å²) in [5.74, 6) is 1.77. The van der Waals surface area contributed by atoms with Gasteiger partial charge in [0, 0.05) is 18.3 Å². The van der Waals surface area contributed by atoms with Crippen LogP contribution in [0, 0.1) is 0 Å². The van der Waals surface area contributed by atoms with E-state index in [1.54, 1.807) is 13.3 Å². The highest BCUT2D eigenvalue weighted by Crippen LogP contribution is 2.37. The maximum absolute atomic E-state index is 13.2. The Morgan fingerprint density at radius 2 is 1.94 bits per heavy atom. The lowest BCUT2D eigenvalue weighted by Crippen LogP contribution is -2.39. The number of nitrogen functional groups attached to an aromatic ring is 1. The van der Waals surface area contributed by atoms with Gasteiger partial charge in [-0.3, -0.25) is 4.79 Å². The maximum Gasteiger partial charge on any atom is 0.226 e. The zero-order valence-corrected chi connectivity index (χ0v) is 18.2. The molecule has 1 atom stereocenters. The molecule has 0 saturated carbocycles. The predicted molar refractivity (Wildman–Crippen MR) is 123 cm³/mol.